The maximum atomic E-state index is 11.9. The van der Waals surface area contributed by atoms with Gasteiger partial charge in [-0.1, -0.05) is 24.3 Å². The smallest absolute Gasteiger partial charge is 0.338 e. The van der Waals surface area contributed by atoms with Gasteiger partial charge in [-0.3, -0.25) is 4.98 Å². The first kappa shape index (κ1) is 17.4. The van der Waals surface area contributed by atoms with Gasteiger partial charge in [-0.25, -0.2) is 9.78 Å². The highest BCUT2D eigenvalue weighted by Gasteiger charge is 2.12. The zero-order chi connectivity index (χ0) is 18.5. The fraction of sp³-hybridized carbons (Fsp3) is 0.150. The highest BCUT2D eigenvalue weighted by atomic mass is 16.5. The summed E-state index contributed by atoms with van der Waals surface area (Å²) in [5.41, 5.74) is 10.6. The summed E-state index contributed by atoms with van der Waals surface area (Å²) in [6.45, 7) is 2.44. The Labute approximate surface area is 152 Å². The maximum absolute atomic E-state index is 11.9. The third-order valence-corrected chi connectivity index (χ3v) is 4.11. The molecule has 0 aliphatic heterocycles. The number of aromatic nitrogens is 2. The Bertz CT molecular complexity index is 923. The SMILES string of the molecule is COC(=O)c1ccccc1-c1ccc(CNc2nccc(C)c2N)nc1. The molecular weight excluding hydrogens is 328 g/mol. The second kappa shape index (κ2) is 7.65. The van der Waals surface area contributed by atoms with Crippen LogP contribution in [-0.4, -0.2) is 23.0 Å². The second-order valence-electron chi connectivity index (χ2n) is 5.82. The Balaban J connectivity index is 1.77. The molecule has 1 aromatic carbocycles. The molecule has 0 saturated heterocycles. The zero-order valence-corrected chi connectivity index (χ0v) is 14.7. The Morgan fingerprint density at radius 2 is 1.96 bits per heavy atom. The van der Waals surface area contributed by atoms with Crippen LogP contribution in [0.3, 0.4) is 0 Å². The standard InChI is InChI=1S/C20H20N4O2/c1-13-9-10-22-19(18(13)21)24-12-15-8-7-14(11-23-15)16-5-3-4-6-17(16)20(25)26-2/h3-11H,12,21H2,1-2H3,(H,22,24). The number of ether oxygens (including phenoxy) is 1. The average Bonchev–Trinajstić information content (AvgIpc) is 2.69. The highest BCUT2D eigenvalue weighted by molar-refractivity contribution is 5.97. The molecule has 132 valence electrons. The van der Waals surface area contributed by atoms with E-state index in [-0.39, 0.29) is 5.97 Å². The number of pyridine rings is 2. The monoisotopic (exact) mass is 348 g/mol. The first-order valence-corrected chi connectivity index (χ1v) is 8.17. The van der Waals surface area contributed by atoms with Crippen molar-refractivity contribution in [1.29, 1.82) is 0 Å². The first-order valence-electron chi connectivity index (χ1n) is 8.17. The molecule has 3 N–H and O–H groups in total. The summed E-state index contributed by atoms with van der Waals surface area (Å²) in [4.78, 5) is 20.6. The maximum Gasteiger partial charge on any atom is 0.338 e. The van der Waals surface area contributed by atoms with Crippen molar-refractivity contribution in [2.45, 2.75) is 13.5 Å². The minimum Gasteiger partial charge on any atom is -0.465 e. The van der Waals surface area contributed by atoms with Crippen molar-refractivity contribution in [2.75, 3.05) is 18.2 Å². The van der Waals surface area contributed by atoms with E-state index in [1.54, 1.807) is 24.5 Å². The molecule has 6 heteroatoms. The molecule has 0 radical (unpaired) electrons. The summed E-state index contributed by atoms with van der Waals surface area (Å²) >= 11 is 0. The number of nitrogens with zero attached hydrogens (tertiary/aromatic N) is 2. The number of nitrogens with two attached hydrogens (primary N) is 1. The van der Waals surface area contributed by atoms with E-state index in [1.807, 2.05) is 37.3 Å². The van der Waals surface area contributed by atoms with Crippen LogP contribution in [0.4, 0.5) is 11.5 Å². The summed E-state index contributed by atoms with van der Waals surface area (Å²) in [7, 11) is 1.37. The number of esters is 1. The predicted octanol–water partition coefficient (Wildman–Crippen LogP) is 3.43. The number of nitrogen functional groups attached to an aromatic ring is 1. The van der Waals surface area contributed by atoms with Crippen molar-refractivity contribution in [2.24, 2.45) is 0 Å². The van der Waals surface area contributed by atoms with Crippen LogP contribution in [0.1, 0.15) is 21.6 Å². The summed E-state index contributed by atoms with van der Waals surface area (Å²) < 4.78 is 4.84. The van der Waals surface area contributed by atoms with E-state index in [2.05, 4.69) is 15.3 Å². The number of methoxy groups -OCH3 is 1. The number of anilines is 2. The highest BCUT2D eigenvalue weighted by Crippen LogP contribution is 2.24. The molecular formula is C20H20N4O2. The number of aryl methyl sites for hydroxylation is 1. The topological polar surface area (TPSA) is 90.1 Å². The van der Waals surface area contributed by atoms with Crippen molar-refractivity contribution < 1.29 is 9.53 Å². The van der Waals surface area contributed by atoms with Gasteiger partial charge in [0.25, 0.3) is 0 Å². The molecule has 0 fully saturated rings. The number of carbonyl (C=O) groups excluding carboxylic acids is 1. The van der Waals surface area contributed by atoms with Gasteiger partial charge in [0.05, 0.1) is 30.6 Å². The largest absolute Gasteiger partial charge is 0.465 e. The van der Waals surface area contributed by atoms with Gasteiger partial charge in [0.1, 0.15) is 5.82 Å². The van der Waals surface area contributed by atoms with Gasteiger partial charge in [-0.15, -0.1) is 0 Å². The Morgan fingerprint density at radius 3 is 2.69 bits per heavy atom. The molecule has 2 aromatic heterocycles. The van der Waals surface area contributed by atoms with Crippen LogP contribution < -0.4 is 11.1 Å². The van der Waals surface area contributed by atoms with E-state index in [1.165, 1.54) is 7.11 Å². The second-order valence-corrected chi connectivity index (χ2v) is 5.82. The van der Waals surface area contributed by atoms with Crippen molar-refractivity contribution in [3.8, 4) is 11.1 Å². The molecule has 0 bridgehead atoms. The van der Waals surface area contributed by atoms with Crippen LogP contribution in [-0.2, 0) is 11.3 Å². The zero-order valence-electron chi connectivity index (χ0n) is 14.7. The Morgan fingerprint density at radius 1 is 1.15 bits per heavy atom. The molecule has 6 nitrogen and oxygen atoms in total. The predicted molar refractivity (Wildman–Crippen MR) is 102 cm³/mol. The molecule has 2 heterocycles. The van der Waals surface area contributed by atoms with Gasteiger partial charge in [-0.2, -0.15) is 0 Å². The molecule has 0 atom stereocenters. The summed E-state index contributed by atoms with van der Waals surface area (Å²) in [5, 5.41) is 3.20. The van der Waals surface area contributed by atoms with Crippen molar-refractivity contribution in [1.82, 2.24) is 9.97 Å². The van der Waals surface area contributed by atoms with Gasteiger partial charge >= 0.3 is 5.97 Å². The van der Waals surface area contributed by atoms with Crippen LogP contribution >= 0.6 is 0 Å². The summed E-state index contributed by atoms with van der Waals surface area (Å²) in [6.07, 6.45) is 3.46. The van der Waals surface area contributed by atoms with E-state index in [0.717, 1.165) is 22.4 Å². The lowest BCUT2D eigenvalue weighted by Gasteiger charge is -2.11. The van der Waals surface area contributed by atoms with Gasteiger partial charge in [0.15, 0.2) is 0 Å². The fourth-order valence-corrected chi connectivity index (χ4v) is 2.60. The molecule has 0 saturated carbocycles. The molecule has 0 aliphatic carbocycles. The number of nitrogens with one attached hydrogen (secondary N) is 1. The quantitative estimate of drug-likeness (QED) is 0.687. The summed E-state index contributed by atoms with van der Waals surface area (Å²) in [6, 6.07) is 13.0. The number of rotatable bonds is 5. The normalized spacial score (nSPS) is 10.4. The van der Waals surface area contributed by atoms with Gasteiger partial charge in [-0.05, 0) is 36.2 Å². The lowest BCUT2D eigenvalue weighted by atomic mass is 10.0. The van der Waals surface area contributed by atoms with E-state index >= 15 is 0 Å². The molecule has 0 spiro atoms. The van der Waals surface area contributed by atoms with Crippen molar-refractivity contribution >= 4 is 17.5 Å². The molecule has 3 rings (SSSR count). The molecule has 0 amide bonds. The lowest BCUT2D eigenvalue weighted by molar-refractivity contribution is 0.0601. The minimum absolute atomic E-state index is 0.368. The van der Waals surface area contributed by atoms with Crippen LogP contribution in [0.2, 0.25) is 0 Å². The van der Waals surface area contributed by atoms with Crippen LogP contribution in [0.5, 0.6) is 0 Å². The first-order chi connectivity index (χ1) is 12.6. The number of hydrogen-bond donors (Lipinski definition) is 2. The number of hydrogen-bond acceptors (Lipinski definition) is 6. The van der Waals surface area contributed by atoms with Crippen molar-refractivity contribution in [3.63, 3.8) is 0 Å². The van der Waals surface area contributed by atoms with E-state index in [9.17, 15) is 4.79 Å². The van der Waals surface area contributed by atoms with E-state index in [0.29, 0.717) is 23.6 Å². The molecule has 0 aliphatic rings. The van der Waals surface area contributed by atoms with Gasteiger partial charge < -0.3 is 15.8 Å². The summed E-state index contributed by atoms with van der Waals surface area (Å²) in [5.74, 6) is 0.277. The number of carbonyl (C=O) groups is 1. The molecule has 0 unspecified atom stereocenters. The minimum atomic E-state index is -0.368. The fourth-order valence-electron chi connectivity index (χ4n) is 2.60. The Hall–Kier alpha value is -3.41. The van der Waals surface area contributed by atoms with Gasteiger partial charge in [0.2, 0.25) is 0 Å². The van der Waals surface area contributed by atoms with Crippen LogP contribution in [0.15, 0.2) is 54.9 Å². The molecule has 3 aromatic rings. The number of benzene rings is 1. The average molecular weight is 348 g/mol. The van der Waals surface area contributed by atoms with Gasteiger partial charge in [0, 0.05) is 18.0 Å². The van der Waals surface area contributed by atoms with Crippen LogP contribution in [0, 0.1) is 6.92 Å². The van der Waals surface area contributed by atoms with Crippen LogP contribution in [0.25, 0.3) is 11.1 Å². The van der Waals surface area contributed by atoms with Crippen molar-refractivity contribution in [3.05, 3.63) is 71.7 Å². The third-order valence-electron chi connectivity index (χ3n) is 4.11. The van der Waals surface area contributed by atoms with E-state index < -0.39 is 0 Å². The van der Waals surface area contributed by atoms with E-state index in [4.69, 9.17) is 10.5 Å². The third kappa shape index (κ3) is 3.64. The lowest BCUT2D eigenvalue weighted by Crippen LogP contribution is -2.07. The Kier molecular flexibility index (Phi) is 5.12. The molecule has 26 heavy (non-hydrogen) atoms.